The van der Waals surface area contributed by atoms with Crippen LogP contribution in [0.5, 0.6) is 0 Å². The molecule has 6 nitrogen and oxygen atoms in total. The third-order valence-corrected chi connectivity index (χ3v) is 6.32. The van der Waals surface area contributed by atoms with Crippen LogP contribution in [0, 0.1) is 0 Å². The van der Waals surface area contributed by atoms with E-state index in [2.05, 4.69) is 36.1 Å². The molecule has 0 aromatic heterocycles. The van der Waals surface area contributed by atoms with Crippen LogP contribution in [-0.2, 0) is 6.54 Å². The number of fused-ring (bicyclic) bond motifs is 1. The molecule has 33 heavy (non-hydrogen) atoms. The van der Waals surface area contributed by atoms with Crippen LogP contribution in [0.4, 0.5) is 0 Å². The highest BCUT2D eigenvalue weighted by molar-refractivity contribution is 6.22. The Balaban J connectivity index is 1.50. The standard InChI is InChI=1S/C27H35N3O3/c1-4-28(20-21-13-9-7-10-14-21)17-11-8-12-18-30-26(32)23-16-15-22(19-24(23)27(30)33)25(31)29(5-2)6-3/h7,9-10,13-16,19H,4-6,8,11-12,17-18,20H2,1-3H3. The molecule has 0 spiro atoms. The Hall–Kier alpha value is -2.99. The van der Waals surface area contributed by atoms with Gasteiger partial charge in [0.1, 0.15) is 0 Å². The van der Waals surface area contributed by atoms with Crippen molar-refractivity contribution in [3.05, 3.63) is 70.8 Å². The Morgan fingerprint density at radius 3 is 2.18 bits per heavy atom. The molecule has 0 saturated carbocycles. The summed E-state index contributed by atoms with van der Waals surface area (Å²) in [7, 11) is 0. The molecule has 3 amide bonds. The van der Waals surface area contributed by atoms with Gasteiger partial charge in [-0.1, -0.05) is 43.7 Å². The van der Waals surface area contributed by atoms with Gasteiger partial charge in [0.2, 0.25) is 0 Å². The summed E-state index contributed by atoms with van der Waals surface area (Å²) >= 11 is 0. The predicted octanol–water partition coefficient (Wildman–Crippen LogP) is 4.46. The van der Waals surface area contributed by atoms with E-state index in [1.807, 2.05) is 19.9 Å². The van der Waals surface area contributed by atoms with Gasteiger partial charge in [-0.3, -0.25) is 24.2 Å². The second kappa shape index (κ2) is 11.8. The highest BCUT2D eigenvalue weighted by Gasteiger charge is 2.35. The Morgan fingerprint density at radius 1 is 0.818 bits per heavy atom. The third kappa shape index (κ3) is 5.88. The minimum Gasteiger partial charge on any atom is -0.339 e. The van der Waals surface area contributed by atoms with Crippen molar-refractivity contribution >= 4 is 17.7 Å². The van der Waals surface area contributed by atoms with Gasteiger partial charge in [0.15, 0.2) is 0 Å². The molecule has 0 unspecified atom stereocenters. The summed E-state index contributed by atoms with van der Waals surface area (Å²) in [6, 6.07) is 15.3. The maximum absolute atomic E-state index is 12.9. The van der Waals surface area contributed by atoms with Crippen molar-refractivity contribution in [2.75, 3.05) is 32.7 Å². The summed E-state index contributed by atoms with van der Waals surface area (Å²) in [5, 5.41) is 0. The lowest BCUT2D eigenvalue weighted by Crippen LogP contribution is -2.31. The molecule has 0 fully saturated rings. The normalized spacial score (nSPS) is 13.0. The lowest BCUT2D eigenvalue weighted by atomic mass is 10.0. The van der Waals surface area contributed by atoms with E-state index in [0.717, 1.165) is 38.9 Å². The second-order valence-corrected chi connectivity index (χ2v) is 8.41. The monoisotopic (exact) mass is 449 g/mol. The lowest BCUT2D eigenvalue weighted by molar-refractivity contribution is 0.0650. The van der Waals surface area contributed by atoms with Crippen molar-refractivity contribution < 1.29 is 14.4 Å². The zero-order valence-electron chi connectivity index (χ0n) is 20.0. The van der Waals surface area contributed by atoms with Crippen molar-refractivity contribution in [3.63, 3.8) is 0 Å². The van der Waals surface area contributed by atoms with Crippen molar-refractivity contribution in [1.29, 1.82) is 0 Å². The van der Waals surface area contributed by atoms with Gasteiger partial charge in [-0.25, -0.2) is 0 Å². The molecule has 0 atom stereocenters. The van der Waals surface area contributed by atoms with Crippen molar-refractivity contribution in [3.8, 4) is 0 Å². The van der Waals surface area contributed by atoms with Crippen molar-refractivity contribution in [2.24, 2.45) is 0 Å². The van der Waals surface area contributed by atoms with Crippen LogP contribution in [-0.4, -0.2) is 65.1 Å². The fraction of sp³-hybridized carbons (Fsp3) is 0.444. The van der Waals surface area contributed by atoms with Gasteiger partial charge in [-0.15, -0.1) is 0 Å². The predicted molar refractivity (Wildman–Crippen MR) is 130 cm³/mol. The van der Waals surface area contributed by atoms with Gasteiger partial charge in [0.05, 0.1) is 11.1 Å². The molecule has 0 N–H and O–H groups in total. The number of hydrogen-bond donors (Lipinski definition) is 0. The molecule has 0 bridgehead atoms. The lowest BCUT2D eigenvalue weighted by Gasteiger charge is -2.20. The number of imide groups is 1. The molecule has 0 aliphatic carbocycles. The first-order chi connectivity index (χ1) is 16.0. The molecule has 1 aliphatic rings. The molecule has 1 aliphatic heterocycles. The van der Waals surface area contributed by atoms with E-state index in [0.29, 0.717) is 36.3 Å². The Kier molecular flexibility index (Phi) is 8.78. The summed E-state index contributed by atoms with van der Waals surface area (Å²) < 4.78 is 0. The third-order valence-electron chi connectivity index (χ3n) is 6.32. The minimum absolute atomic E-state index is 0.113. The van der Waals surface area contributed by atoms with Crippen LogP contribution in [0.25, 0.3) is 0 Å². The van der Waals surface area contributed by atoms with Crippen LogP contribution in [0.3, 0.4) is 0 Å². The summed E-state index contributed by atoms with van der Waals surface area (Å²) in [5.74, 6) is -0.656. The highest BCUT2D eigenvalue weighted by Crippen LogP contribution is 2.25. The summed E-state index contributed by atoms with van der Waals surface area (Å²) in [4.78, 5) is 43.7. The van der Waals surface area contributed by atoms with Gasteiger partial charge in [0, 0.05) is 31.7 Å². The first-order valence-corrected chi connectivity index (χ1v) is 12.1. The summed E-state index contributed by atoms with van der Waals surface area (Å²) in [5.41, 5.74) is 2.51. The number of amides is 3. The molecular formula is C27H35N3O3. The van der Waals surface area contributed by atoms with E-state index in [1.165, 1.54) is 10.5 Å². The van der Waals surface area contributed by atoms with Crippen LogP contribution >= 0.6 is 0 Å². The van der Waals surface area contributed by atoms with Crippen molar-refractivity contribution in [1.82, 2.24) is 14.7 Å². The van der Waals surface area contributed by atoms with Crippen LogP contribution < -0.4 is 0 Å². The Bertz CT molecular complexity index is 970. The van der Waals surface area contributed by atoms with Crippen LogP contribution in [0.2, 0.25) is 0 Å². The number of rotatable bonds is 12. The number of unbranched alkanes of at least 4 members (excludes halogenated alkanes) is 2. The quantitative estimate of drug-likeness (QED) is 0.355. The van der Waals surface area contributed by atoms with E-state index in [9.17, 15) is 14.4 Å². The average Bonchev–Trinajstić information content (AvgIpc) is 3.08. The number of nitrogens with zero attached hydrogens (tertiary/aromatic N) is 3. The van der Waals surface area contributed by atoms with E-state index in [-0.39, 0.29) is 17.7 Å². The molecular weight excluding hydrogens is 414 g/mol. The SMILES string of the molecule is CCN(CCCCCN1C(=O)c2ccc(C(=O)N(CC)CC)cc2C1=O)Cc1ccccc1. The number of benzene rings is 2. The first-order valence-electron chi connectivity index (χ1n) is 12.1. The first kappa shape index (κ1) is 24.6. The zero-order valence-corrected chi connectivity index (χ0v) is 20.0. The van der Waals surface area contributed by atoms with Crippen molar-refractivity contribution in [2.45, 2.75) is 46.6 Å². The highest BCUT2D eigenvalue weighted by atomic mass is 16.2. The summed E-state index contributed by atoms with van der Waals surface area (Å²) in [6.45, 7) is 10.5. The average molecular weight is 450 g/mol. The number of carbonyl (C=O) groups is 3. The second-order valence-electron chi connectivity index (χ2n) is 8.41. The van der Waals surface area contributed by atoms with Gasteiger partial charge in [-0.05, 0) is 63.5 Å². The molecule has 1 heterocycles. The fourth-order valence-corrected chi connectivity index (χ4v) is 4.29. The number of hydrogen-bond acceptors (Lipinski definition) is 4. The van der Waals surface area contributed by atoms with E-state index < -0.39 is 0 Å². The van der Waals surface area contributed by atoms with Gasteiger partial charge in [-0.2, -0.15) is 0 Å². The van der Waals surface area contributed by atoms with Crippen LogP contribution in [0.1, 0.15) is 76.7 Å². The maximum Gasteiger partial charge on any atom is 0.261 e. The van der Waals surface area contributed by atoms with E-state index >= 15 is 0 Å². The molecule has 2 aromatic rings. The van der Waals surface area contributed by atoms with Gasteiger partial charge in [0.25, 0.3) is 17.7 Å². The van der Waals surface area contributed by atoms with Gasteiger partial charge < -0.3 is 4.90 Å². The molecule has 0 saturated heterocycles. The largest absolute Gasteiger partial charge is 0.339 e. The fourth-order valence-electron chi connectivity index (χ4n) is 4.29. The van der Waals surface area contributed by atoms with Gasteiger partial charge >= 0.3 is 0 Å². The number of carbonyl (C=O) groups excluding carboxylic acids is 3. The molecule has 3 rings (SSSR count). The van der Waals surface area contributed by atoms with E-state index in [4.69, 9.17) is 0 Å². The Labute approximate surface area is 197 Å². The topological polar surface area (TPSA) is 60.9 Å². The molecule has 0 radical (unpaired) electrons. The minimum atomic E-state index is -0.288. The molecule has 2 aromatic carbocycles. The summed E-state index contributed by atoms with van der Waals surface area (Å²) in [6.07, 6.45) is 2.75. The van der Waals surface area contributed by atoms with E-state index in [1.54, 1.807) is 23.1 Å². The molecule has 176 valence electrons. The Morgan fingerprint density at radius 2 is 1.52 bits per heavy atom. The van der Waals surface area contributed by atoms with Crippen LogP contribution in [0.15, 0.2) is 48.5 Å². The zero-order chi connectivity index (χ0) is 23.8. The maximum atomic E-state index is 12.9. The molecule has 6 heteroatoms. The smallest absolute Gasteiger partial charge is 0.261 e.